The topological polar surface area (TPSA) is 41.5 Å². The van der Waals surface area contributed by atoms with Crippen LogP contribution in [-0.2, 0) is 4.84 Å². The molecule has 0 amide bonds. The van der Waals surface area contributed by atoms with Crippen molar-refractivity contribution in [2.45, 2.75) is 18.9 Å². The molecule has 21 heavy (non-hydrogen) atoms. The van der Waals surface area contributed by atoms with Crippen LogP contribution in [0.4, 0.5) is 5.13 Å². The Balaban J connectivity index is 1.66. The largest absolute Gasteiger partial charge is 0.347 e. The predicted molar refractivity (Wildman–Crippen MR) is 85.4 cm³/mol. The molecule has 6 heteroatoms. The Labute approximate surface area is 129 Å². The lowest BCUT2D eigenvalue weighted by Gasteiger charge is -2.35. The molecule has 2 heterocycles. The molecule has 0 bridgehead atoms. The summed E-state index contributed by atoms with van der Waals surface area (Å²) in [6.45, 7) is 2.00. The lowest BCUT2D eigenvalue weighted by Crippen LogP contribution is -2.43. The van der Waals surface area contributed by atoms with Crippen LogP contribution in [0.2, 0.25) is 0 Å². The summed E-state index contributed by atoms with van der Waals surface area (Å²) >= 11 is 1.49. The second-order valence-corrected chi connectivity index (χ2v) is 5.94. The first-order valence-corrected chi connectivity index (χ1v) is 7.96. The highest BCUT2D eigenvalue weighted by molar-refractivity contribution is 7.09. The van der Waals surface area contributed by atoms with Crippen molar-refractivity contribution in [1.29, 1.82) is 0 Å². The number of nitrogens with zero attached hydrogens (tertiary/aromatic N) is 4. The first-order valence-electron chi connectivity index (χ1n) is 7.19. The van der Waals surface area contributed by atoms with E-state index in [1.807, 2.05) is 42.4 Å². The number of rotatable bonds is 4. The van der Waals surface area contributed by atoms with Gasteiger partial charge in [-0.15, -0.1) is 0 Å². The Morgan fingerprint density at radius 2 is 1.95 bits per heavy atom. The van der Waals surface area contributed by atoms with E-state index >= 15 is 0 Å². The Kier molecular flexibility index (Phi) is 4.48. The summed E-state index contributed by atoms with van der Waals surface area (Å²) in [7, 11) is 3.72. The van der Waals surface area contributed by atoms with Gasteiger partial charge in [-0.05, 0) is 12.8 Å². The van der Waals surface area contributed by atoms with Crippen molar-refractivity contribution < 1.29 is 4.84 Å². The summed E-state index contributed by atoms with van der Waals surface area (Å²) in [6.07, 6.45) is 2.18. The average Bonchev–Trinajstić information content (AvgIpc) is 3.05. The summed E-state index contributed by atoms with van der Waals surface area (Å²) in [5.41, 5.74) is 1.08. The van der Waals surface area contributed by atoms with E-state index in [-0.39, 0.29) is 0 Å². The maximum Gasteiger partial charge on any atom is 0.205 e. The zero-order valence-electron chi connectivity index (χ0n) is 12.4. The lowest BCUT2D eigenvalue weighted by atomic mass is 10.1. The molecule has 1 aromatic carbocycles. The van der Waals surface area contributed by atoms with Crippen LogP contribution >= 0.6 is 11.5 Å². The van der Waals surface area contributed by atoms with E-state index in [0.29, 0.717) is 6.04 Å². The van der Waals surface area contributed by atoms with Gasteiger partial charge < -0.3 is 9.74 Å². The summed E-state index contributed by atoms with van der Waals surface area (Å²) in [4.78, 5) is 12.3. The van der Waals surface area contributed by atoms with Gasteiger partial charge in [0.05, 0.1) is 7.11 Å². The molecule has 0 saturated carbocycles. The van der Waals surface area contributed by atoms with Crippen LogP contribution < -0.4 is 4.90 Å². The van der Waals surface area contributed by atoms with Crippen LogP contribution in [-0.4, -0.2) is 47.7 Å². The molecule has 1 saturated heterocycles. The molecule has 0 aliphatic carbocycles. The van der Waals surface area contributed by atoms with Crippen LogP contribution in [0.1, 0.15) is 12.8 Å². The first-order chi connectivity index (χ1) is 10.3. The van der Waals surface area contributed by atoms with Gasteiger partial charge in [0.25, 0.3) is 0 Å². The van der Waals surface area contributed by atoms with Crippen LogP contribution in [0, 0.1) is 0 Å². The maximum atomic E-state index is 5.28. The van der Waals surface area contributed by atoms with Crippen molar-refractivity contribution >= 4 is 16.7 Å². The third-order valence-electron chi connectivity index (χ3n) is 3.98. The molecule has 3 rings (SSSR count). The minimum Gasteiger partial charge on any atom is -0.347 e. The van der Waals surface area contributed by atoms with Gasteiger partial charge in [-0.1, -0.05) is 30.3 Å². The molecule has 1 aliphatic heterocycles. The Bertz CT molecular complexity index is 566. The monoisotopic (exact) mass is 304 g/mol. The quantitative estimate of drug-likeness (QED) is 0.812. The summed E-state index contributed by atoms with van der Waals surface area (Å²) in [5, 5.41) is 2.97. The molecule has 0 atom stereocenters. The van der Waals surface area contributed by atoms with Gasteiger partial charge in [-0.2, -0.15) is 14.4 Å². The molecule has 0 radical (unpaired) electrons. The lowest BCUT2D eigenvalue weighted by molar-refractivity contribution is -0.145. The number of hydroxylamine groups is 2. The van der Waals surface area contributed by atoms with E-state index in [9.17, 15) is 0 Å². The van der Waals surface area contributed by atoms with Gasteiger partial charge in [0.1, 0.15) is 0 Å². The van der Waals surface area contributed by atoms with Crippen molar-refractivity contribution in [3.05, 3.63) is 30.3 Å². The summed E-state index contributed by atoms with van der Waals surface area (Å²) in [6, 6.07) is 10.6. The summed E-state index contributed by atoms with van der Waals surface area (Å²) in [5.74, 6) is 0.826. The van der Waals surface area contributed by atoms with Crippen LogP contribution in [0.15, 0.2) is 30.3 Å². The predicted octanol–water partition coefficient (Wildman–Crippen LogP) is 2.67. The first kappa shape index (κ1) is 14.4. The number of piperidine rings is 1. The highest BCUT2D eigenvalue weighted by Gasteiger charge is 2.24. The zero-order valence-corrected chi connectivity index (χ0v) is 13.2. The molecule has 112 valence electrons. The molecule has 0 spiro atoms. The highest BCUT2D eigenvalue weighted by atomic mass is 32.1. The molecule has 0 unspecified atom stereocenters. The standard InChI is InChI=1S/C15H20N4OS/c1-18(20-2)13-8-10-19(11-9-13)15-16-14(17-21-15)12-6-4-3-5-7-12/h3-7,13H,8-11H2,1-2H3. The van der Waals surface area contributed by atoms with E-state index in [2.05, 4.69) is 14.3 Å². The Hall–Kier alpha value is -1.50. The SMILES string of the molecule is CON(C)C1CCN(c2nc(-c3ccccc3)ns2)CC1. The Morgan fingerprint density at radius 3 is 2.62 bits per heavy atom. The molecular formula is C15H20N4OS. The third-order valence-corrected chi connectivity index (χ3v) is 4.76. The van der Waals surface area contributed by atoms with Crippen molar-refractivity contribution in [3.8, 4) is 11.4 Å². The maximum absolute atomic E-state index is 5.28. The van der Waals surface area contributed by atoms with E-state index in [4.69, 9.17) is 4.84 Å². The van der Waals surface area contributed by atoms with Crippen LogP contribution in [0.25, 0.3) is 11.4 Å². The number of hydrogen-bond acceptors (Lipinski definition) is 6. The van der Waals surface area contributed by atoms with Crippen LogP contribution in [0.3, 0.4) is 0 Å². The van der Waals surface area contributed by atoms with Crippen molar-refractivity contribution in [3.63, 3.8) is 0 Å². The Morgan fingerprint density at radius 1 is 1.24 bits per heavy atom. The fraction of sp³-hybridized carbons (Fsp3) is 0.467. The van der Waals surface area contributed by atoms with Crippen molar-refractivity contribution in [1.82, 2.24) is 14.4 Å². The third kappa shape index (κ3) is 3.23. The molecule has 5 nitrogen and oxygen atoms in total. The molecule has 1 aliphatic rings. The average molecular weight is 304 g/mol. The minimum absolute atomic E-state index is 0.493. The normalized spacial score (nSPS) is 16.6. The highest BCUT2D eigenvalue weighted by Crippen LogP contribution is 2.27. The smallest absolute Gasteiger partial charge is 0.205 e. The van der Waals surface area contributed by atoms with Gasteiger partial charge in [0.15, 0.2) is 5.82 Å². The van der Waals surface area contributed by atoms with E-state index in [1.165, 1.54) is 11.5 Å². The molecule has 1 fully saturated rings. The van der Waals surface area contributed by atoms with Gasteiger partial charge in [-0.25, -0.2) is 0 Å². The second-order valence-electron chi connectivity index (χ2n) is 5.21. The fourth-order valence-electron chi connectivity index (χ4n) is 2.62. The molecule has 0 N–H and O–H groups in total. The van der Waals surface area contributed by atoms with Crippen molar-refractivity contribution in [2.24, 2.45) is 0 Å². The van der Waals surface area contributed by atoms with Gasteiger partial charge in [-0.3, -0.25) is 0 Å². The van der Waals surface area contributed by atoms with Crippen molar-refractivity contribution in [2.75, 3.05) is 32.1 Å². The minimum atomic E-state index is 0.493. The summed E-state index contributed by atoms with van der Waals surface area (Å²) < 4.78 is 4.49. The van der Waals surface area contributed by atoms with Gasteiger partial charge >= 0.3 is 0 Å². The number of benzene rings is 1. The molecule has 1 aromatic heterocycles. The van der Waals surface area contributed by atoms with E-state index < -0.39 is 0 Å². The van der Waals surface area contributed by atoms with E-state index in [1.54, 1.807) is 7.11 Å². The molecular weight excluding hydrogens is 284 g/mol. The number of anilines is 1. The number of hydrogen-bond donors (Lipinski definition) is 0. The van der Waals surface area contributed by atoms with Crippen LogP contribution in [0.5, 0.6) is 0 Å². The zero-order chi connectivity index (χ0) is 14.7. The number of aromatic nitrogens is 2. The molecule has 2 aromatic rings. The van der Waals surface area contributed by atoms with Gasteiger partial charge in [0.2, 0.25) is 5.13 Å². The fourth-order valence-corrected chi connectivity index (χ4v) is 3.36. The second kappa shape index (κ2) is 6.51. The van der Waals surface area contributed by atoms with Gasteiger partial charge in [0, 0.05) is 43.3 Å². The van der Waals surface area contributed by atoms with E-state index in [0.717, 1.165) is 42.5 Å².